The lowest BCUT2D eigenvalue weighted by atomic mass is 9.54. The Morgan fingerprint density at radius 1 is 1.33 bits per heavy atom. The second-order valence-electron chi connectivity index (χ2n) is 8.77. The topological polar surface area (TPSA) is 32.3 Å². The first-order valence-electron chi connectivity index (χ1n) is 9.45. The zero-order valence-electron chi connectivity index (χ0n) is 14.7. The van der Waals surface area contributed by atoms with E-state index in [9.17, 15) is 5.11 Å². The average Bonchev–Trinajstić information content (AvgIpc) is 3.08. The van der Waals surface area contributed by atoms with Gasteiger partial charge in [-0.05, 0) is 24.0 Å². The van der Waals surface area contributed by atoms with Crippen LogP contribution in [0.3, 0.4) is 0 Å². The fourth-order valence-corrected chi connectivity index (χ4v) is 7.21. The molecule has 3 fully saturated rings. The summed E-state index contributed by atoms with van der Waals surface area (Å²) in [5, 5.41) is 14.2. The molecule has 24 heavy (non-hydrogen) atoms. The van der Waals surface area contributed by atoms with E-state index in [1.165, 1.54) is 42.5 Å². The van der Waals surface area contributed by atoms with Crippen molar-refractivity contribution < 1.29 is 22.0 Å². The molecule has 1 aromatic carbocycles. The number of benzene rings is 1. The summed E-state index contributed by atoms with van der Waals surface area (Å²) in [6.45, 7) is 5.31. The third-order valence-electron chi connectivity index (χ3n) is 8.14. The number of nitrogens with one attached hydrogen (secondary N) is 1. The zero-order valence-corrected chi connectivity index (χ0v) is 15.5. The highest BCUT2D eigenvalue weighted by Gasteiger charge is 2.71. The van der Waals surface area contributed by atoms with Gasteiger partial charge in [-0.25, -0.2) is 0 Å². The van der Waals surface area contributed by atoms with Crippen molar-refractivity contribution >= 4 is 5.69 Å². The second kappa shape index (κ2) is 5.36. The number of halogens is 1. The molecule has 1 spiro atoms. The van der Waals surface area contributed by atoms with Crippen molar-refractivity contribution in [2.75, 3.05) is 32.1 Å². The van der Waals surface area contributed by atoms with E-state index < -0.39 is 0 Å². The van der Waals surface area contributed by atoms with Gasteiger partial charge in [0.15, 0.2) is 0 Å². The Morgan fingerprint density at radius 3 is 2.88 bits per heavy atom. The number of quaternary nitrogens is 1. The molecule has 1 aliphatic carbocycles. The van der Waals surface area contributed by atoms with Gasteiger partial charge in [-0.15, -0.1) is 0 Å². The first kappa shape index (κ1) is 16.7. The normalized spacial score (nSPS) is 47.4. The highest BCUT2D eigenvalue weighted by atomic mass is 35.5. The Labute approximate surface area is 151 Å². The van der Waals surface area contributed by atoms with Gasteiger partial charge in [0.05, 0.1) is 25.6 Å². The molecule has 7 atom stereocenters. The summed E-state index contributed by atoms with van der Waals surface area (Å²) in [5.41, 5.74) is 3.14. The van der Waals surface area contributed by atoms with Crippen molar-refractivity contribution in [1.82, 2.24) is 0 Å². The van der Waals surface area contributed by atoms with Crippen LogP contribution in [-0.4, -0.2) is 48.4 Å². The smallest absolute Gasteiger partial charge is 0.101 e. The maximum atomic E-state index is 10.3. The molecule has 5 rings (SSSR count). The summed E-state index contributed by atoms with van der Waals surface area (Å²) >= 11 is 0. The minimum absolute atomic E-state index is 0. The standard InChI is InChI=1S/C20H29N2O.ClH/c1-3-13-11-22(2)9-8-20-16-6-4-5-7-17(16)21-19(20)15(12-23)14(13)10-18(20)22;/h4-7,13-15,18-19,21,23H,3,8-12H2,1-2H3;1H/q+1;/p-1/t13-,14+,15+,18+,19+,20-,22?;/m1./s1. The molecule has 3 nitrogen and oxygen atoms in total. The molecular formula is C20H29ClN2O. The van der Waals surface area contributed by atoms with Gasteiger partial charge in [0.2, 0.25) is 0 Å². The Kier molecular flexibility index (Phi) is 3.73. The van der Waals surface area contributed by atoms with Gasteiger partial charge in [-0.3, -0.25) is 0 Å². The molecule has 4 aliphatic rings. The van der Waals surface area contributed by atoms with Crippen LogP contribution in [0.15, 0.2) is 24.3 Å². The predicted octanol–water partition coefficient (Wildman–Crippen LogP) is -0.390. The van der Waals surface area contributed by atoms with Crippen LogP contribution >= 0.6 is 0 Å². The van der Waals surface area contributed by atoms with Crippen molar-refractivity contribution in [3.63, 3.8) is 0 Å². The van der Waals surface area contributed by atoms with Crippen LogP contribution in [-0.2, 0) is 5.41 Å². The van der Waals surface area contributed by atoms with E-state index in [1.807, 2.05) is 0 Å². The summed E-state index contributed by atoms with van der Waals surface area (Å²) in [6, 6.07) is 10.1. The zero-order chi connectivity index (χ0) is 15.8. The lowest BCUT2D eigenvalue weighted by Gasteiger charge is -2.58. The van der Waals surface area contributed by atoms with Crippen molar-refractivity contribution in [1.29, 1.82) is 0 Å². The molecule has 2 bridgehead atoms. The number of anilines is 1. The number of nitrogens with zero attached hydrogens (tertiary/aromatic N) is 1. The molecule has 2 saturated heterocycles. The molecule has 3 aliphatic heterocycles. The summed E-state index contributed by atoms with van der Waals surface area (Å²) in [6.07, 6.45) is 3.85. The molecular weight excluding hydrogens is 320 g/mol. The Bertz CT molecular complexity index is 652. The molecule has 2 N–H and O–H groups in total. The molecule has 1 unspecified atom stereocenters. The number of aliphatic hydroxyl groups excluding tert-OH is 1. The van der Waals surface area contributed by atoms with Crippen LogP contribution in [0.25, 0.3) is 0 Å². The molecule has 0 amide bonds. The van der Waals surface area contributed by atoms with Gasteiger partial charge >= 0.3 is 0 Å². The summed E-state index contributed by atoms with van der Waals surface area (Å²) in [5.74, 6) is 1.88. The van der Waals surface area contributed by atoms with E-state index in [0.717, 1.165) is 12.0 Å². The van der Waals surface area contributed by atoms with E-state index in [1.54, 1.807) is 5.56 Å². The summed E-state index contributed by atoms with van der Waals surface area (Å²) in [4.78, 5) is 0. The van der Waals surface area contributed by atoms with E-state index in [4.69, 9.17) is 0 Å². The van der Waals surface area contributed by atoms with E-state index >= 15 is 0 Å². The van der Waals surface area contributed by atoms with Crippen molar-refractivity contribution in [2.45, 2.75) is 43.7 Å². The van der Waals surface area contributed by atoms with E-state index in [0.29, 0.717) is 24.5 Å². The minimum Gasteiger partial charge on any atom is -1.00 e. The van der Waals surface area contributed by atoms with Gasteiger partial charge in [0.1, 0.15) is 6.04 Å². The number of hydrogen-bond acceptors (Lipinski definition) is 2. The van der Waals surface area contributed by atoms with E-state index in [-0.39, 0.29) is 17.8 Å². The molecule has 0 radical (unpaired) electrons. The summed E-state index contributed by atoms with van der Waals surface area (Å²) < 4.78 is 1.26. The number of hydrogen-bond donors (Lipinski definition) is 2. The van der Waals surface area contributed by atoms with Crippen LogP contribution in [0.5, 0.6) is 0 Å². The maximum Gasteiger partial charge on any atom is 0.101 e. The molecule has 1 saturated carbocycles. The van der Waals surface area contributed by atoms with Gasteiger partial charge in [0, 0.05) is 43.0 Å². The monoisotopic (exact) mass is 348 g/mol. The lowest BCUT2D eigenvalue weighted by molar-refractivity contribution is -0.934. The quantitative estimate of drug-likeness (QED) is 0.714. The molecule has 132 valence electrons. The fraction of sp³-hybridized carbons (Fsp3) is 0.700. The summed E-state index contributed by atoms with van der Waals surface area (Å²) in [7, 11) is 2.51. The Hall–Kier alpha value is -0.770. The Balaban J connectivity index is 0.00000146. The molecule has 0 aromatic heterocycles. The van der Waals surface area contributed by atoms with Crippen molar-refractivity contribution in [3.8, 4) is 0 Å². The number of rotatable bonds is 2. The largest absolute Gasteiger partial charge is 1.00 e. The number of aliphatic hydroxyl groups is 1. The van der Waals surface area contributed by atoms with Crippen molar-refractivity contribution in [3.05, 3.63) is 29.8 Å². The van der Waals surface area contributed by atoms with Crippen LogP contribution in [0.2, 0.25) is 0 Å². The highest BCUT2D eigenvalue weighted by Crippen LogP contribution is 2.63. The molecule has 3 heterocycles. The van der Waals surface area contributed by atoms with Crippen molar-refractivity contribution in [2.24, 2.45) is 17.8 Å². The van der Waals surface area contributed by atoms with Gasteiger partial charge in [-0.1, -0.05) is 25.1 Å². The SMILES string of the molecule is CC[C@@H]1C[N+]2(C)CC[C@]34c5ccccc5N[C@H]3[C@@H](CO)[C@H]1C[C@@H]42.[Cl-]. The highest BCUT2D eigenvalue weighted by molar-refractivity contribution is 5.64. The first-order chi connectivity index (χ1) is 11.1. The molecule has 1 aromatic rings. The Morgan fingerprint density at radius 2 is 2.12 bits per heavy atom. The van der Waals surface area contributed by atoms with Crippen LogP contribution in [0.4, 0.5) is 5.69 Å². The molecule has 4 heteroatoms. The van der Waals surface area contributed by atoms with Crippen LogP contribution in [0.1, 0.15) is 31.7 Å². The number of fused-ring (bicyclic) bond motifs is 2. The fourth-order valence-electron chi connectivity index (χ4n) is 7.21. The minimum atomic E-state index is 0. The van der Waals surface area contributed by atoms with Crippen LogP contribution < -0.4 is 17.7 Å². The number of likely N-dealkylation sites (N-methyl/N-ethyl adjacent to an activating group) is 1. The second-order valence-corrected chi connectivity index (χ2v) is 8.77. The number of piperidine rings is 1. The third kappa shape index (κ3) is 1.76. The van der Waals surface area contributed by atoms with Gasteiger partial charge in [-0.2, -0.15) is 0 Å². The number of para-hydroxylation sites is 1. The third-order valence-corrected chi connectivity index (χ3v) is 8.14. The first-order valence-corrected chi connectivity index (χ1v) is 9.45. The predicted molar refractivity (Wildman–Crippen MR) is 92.3 cm³/mol. The van der Waals surface area contributed by atoms with Gasteiger partial charge < -0.3 is 27.3 Å². The average molecular weight is 349 g/mol. The van der Waals surface area contributed by atoms with E-state index in [2.05, 4.69) is 43.6 Å². The maximum absolute atomic E-state index is 10.3. The van der Waals surface area contributed by atoms with Gasteiger partial charge in [0.25, 0.3) is 0 Å². The lowest BCUT2D eigenvalue weighted by Crippen LogP contribution is -3.00. The van der Waals surface area contributed by atoms with Crippen LogP contribution in [0, 0.1) is 17.8 Å².